The first kappa shape index (κ1) is 26.1. The summed E-state index contributed by atoms with van der Waals surface area (Å²) in [7, 11) is 0. The highest BCUT2D eigenvalue weighted by Gasteiger charge is 2.46. The molecule has 8 aromatic rings. The summed E-state index contributed by atoms with van der Waals surface area (Å²) in [5.41, 5.74) is 13.7. The van der Waals surface area contributed by atoms with Crippen LogP contribution in [-0.2, 0) is 5.41 Å². The van der Waals surface area contributed by atoms with Crippen LogP contribution in [0.5, 0.6) is 0 Å². The van der Waals surface area contributed by atoms with Gasteiger partial charge < -0.3 is 4.42 Å². The zero-order valence-corrected chi connectivity index (χ0v) is 24.7. The number of fused-ring (bicyclic) bond motifs is 6. The van der Waals surface area contributed by atoms with E-state index >= 15 is 0 Å². The van der Waals surface area contributed by atoms with Gasteiger partial charge in [0.15, 0.2) is 0 Å². The molecule has 0 N–H and O–H groups in total. The van der Waals surface area contributed by atoms with E-state index in [0.717, 1.165) is 49.9 Å². The summed E-state index contributed by atoms with van der Waals surface area (Å²) in [5, 5.41) is 10.9. The van der Waals surface area contributed by atoms with Crippen molar-refractivity contribution in [3.8, 4) is 39.4 Å². The molecule has 0 atom stereocenters. The molecule has 0 saturated heterocycles. The summed E-state index contributed by atoms with van der Waals surface area (Å²) < 4.78 is 5.88. The van der Waals surface area contributed by atoms with Gasteiger partial charge in [0, 0.05) is 17.8 Å². The van der Waals surface area contributed by atoms with Gasteiger partial charge in [0.2, 0.25) is 5.71 Å². The predicted molar refractivity (Wildman–Crippen MR) is 182 cm³/mol. The normalized spacial score (nSPS) is 12.9. The number of nitrogens with zero attached hydrogens (tertiary/aromatic N) is 3. The Bertz CT molecular complexity index is 2430. The zero-order chi connectivity index (χ0) is 30.7. The van der Waals surface area contributed by atoms with Crippen molar-refractivity contribution >= 4 is 22.2 Å². The minimum absolute atomic E-state index is 0.551. The second-order valence-electron chi connectivity index (χ2n) is 11.7. The molecule has 2 heterocycles. The van der Waals surface area contributed by atoms with E-state index in [2.05, 4.69) is 143 Å². The average molecular weight is 588 g/mol. The number of rotatable bonds is 4. The summed E-state index contributed by atoms with van der Waals surface area (Å²) in [4.78, 5) is 8.81. The molecule has 0 spiro atoms. The van der Waals surface area contributed by atoms with Crippen LogP contribution in [-0.4, -0.2) is 9.97 Å². The lowest BCUT2D eigenvalue weighted by Crippen LogP contribution is -2.28. The maximum absolute atomic E-state index is 9.92. The number of nitriles is 1. The van der Waals surface area contributed by atoms with Crippen molar-refractivity contribution in [1.29, 1.82) is 5.26 Å². The highest BCUT2D eigenvalue weighted by atomic mass is 16.3. The fourth-order valence-electron chi connectivity index (χ4n) is 7.27. The van der Waals surface area contributed by atoms with Gasteiger partial charge in [0.05, 0.1) is 17.0 Å². The number of benzene rings is 6. The molecule has 46 heavy (non-hydrogen) atoms. The molecule has 9 rings (SSSR count). The maximum Gasteiger partial charge on any atom is 0.246 e. The lowest BCUT2D eigenvalue weighted by atomic mass is 9.67. The molecule has 2 aromatic heterocycles. The Morgan fingerprint density at radius 2 is 1.11 bits per heavy atom. The van der Waals surface area contributed by atoms with Gasteiger partial charge in [-0.15, -0.1) is 0 Å². The Morgan fingerprint density at radius 1 is 0.543 bits per heavy atom. The van der Waals surface area contributed by atoms with Gasteiger partial charge in [0.25, 0.3) is 0 Å². The van der Waals surface area contributed by atoms with Crippen LogP contribution >= 0.6 is 0 Å². The lowest BCUT2D eigenvalue weighted by Gasteiger charge is -2.34. The van der Waals surface area contributed by atoms with E-state index in [0.29, 0.717) is 11.3 Å². The third kappa shape index (κ3) is 3.79. The van der Waals surface area contributed by atoms with Crippen molar-refractivity contribution in [1.82, 2.24) is 9.97 Å². The van der Waals surface area contributed by atoms with Gasteiger partial charge in [-0.25, -0.2) is 9.97 Å². The van der Waals surface area contributed by atoms with Crippen molar-refractivity contribution in [3.05, 3.63) is 180 Å². The molecule has 0 bridgehead atoms. The van der Waals surface area contributed by atoms with Crippen LogP contribution in [0.3, 0.4) is 0 Å². The number of aromatic nitrogens is 2. The Kier molecular flexibility index (Phi) is 5.75. The summed E-state index contributed by atoms with van der Waals surface area (Å²) in [5.74, 6) is 0. The number of hydrogen-bond donors (Lipinski definition) is 0. The van der Waals surface area contributed by atoms with Gasteiger partial charge in [-0.1, -0.05) is 109 Å². The predicted octanol–water partition coefficient (Wildman–Crippen LogP) is 9.94. The van der Waals surface area contributed by atoms with Crippen LogP contribution < -0.4 is 0 Å². The van der Waals surface area contributed by atoms with Crippen LogP contribution in [0.2, 0.25) is 0 Å². The van der Waals surface area contributed by atoms with E-state index in [-0.39, 0.29) is 0 Å². The molecule has 0 radical (unpaired) electrons. The number of furan rings is 1. The highest BCUT2D eigenvalue weighted by Crippen LogP contribution is 2.57. The first-order valence-corrected chi connectivity index (χ1v) is 15.3. The minimum atomic E-state index is -0.568. The van der Waals surface area contributed by atoms with Crippen LogP contribution in [0.4, 0.5) is 0 Å². The van der Waals surface area contributed by atoms with Gasteiger partial charge in [0.1, 0.15) is 11.1 Å². The first-order valence-electron chi connectivity index (χ1n) is 15.3. The fourth-order valence-corrected chi connectivity index (χ4v) is 7.27. The molecule has 0 saturated carbocycles. The van der Waals surface area contributed by atoms with E-state index in [4.69, 9.17) is 4.42 Å². The van der Waals surface area contributed by atoms with Crippen molar-refractivity contribution < 1.29 is 4.42 Å². The van der Waals surface area contributed by atoms with Crippen LogP contribution in [0.15, 0.2) is 156 Å². The second kappa shape index (κ2) is 10.1. The summed E-state index contributed by atoms with van der Waals surface area (Å²) in [6, 6.07) is 51.6. The van der Waals surface area contributed by atoms with Gasteiger partial charge in [-0.2, -0.15) is 5.26 Å². The molecule has 4 heteroatoms. The number of hydrogen-bond acceptors (Lipinski definition) is 4. The fraction of sp³-hybridized carbons (Fsp3) is 0.0238. The van der Waals surface area contributed by atoms with E-state index < -0.39 is 5.41 Å². The Hall–Kier alpha value is -6.31. The van der Waals surface area contributed by atoms with Crippen LogP contribution in [0, 0.1) is 11.3 Å². The minimum Gasteiger partial charge on any atom is -0.436 e. The summed E-state index contributed by atoms with van der Waals surface area (Å²) in [6.07, 6.45) is 3.34. The second-order valence-corrected chi connectivity index (χ2v) is 11.7. The molecule has 214 valence electrons. The van der Waals surface area contributed by atoms with Gasteiger partial charge in [-0.3, -0.25) is 0 Å². The van der Waals surface area contributed by atoms with Gasteiger partial charge >= 0.3 is 0 Å². The van der Waals surface area contributed by atoms with Crippen molar-refractivity contribution in [3.63, 3.8) is 0 Å². The Labute approximate surface area is 265 Å². The highest BCUT2D eigenvalue weighted by molar-refractivity contribution is 6.02. The molecule has 1 aliphatic rings. The van der Waals surface area contributed by atoms with Crippen LogP contribution in [0.25, 0.3) is 55.6 Å². The monoisotopic (exact) mass is 587 g/mol. The summed E-state index contributed by atoms with van der Waals surface area (Å²) >= 11 is 0. The molecule has 6 aromatic carbocycles. The molecule has 0 amide bonds. The lowest BCUT2D eigenvalue weighted by molar-refractivity contribution is 0.653. The third-order valence-electron chi connectivity index (χ3n) is 9.34. The molecule has 4 nitrogen and oxygen atoms in total. The molecule has 0 unspecified atom stereocenters. The zero-order valence-electron chi connectivity index (χ0n) is 24.7. The van der Waals surface area contributed by atoms with Crippen molar-refractivity contribution in [2.75, 3.05) is 0 Å². The smallest absolute Gasteiger partial charge is 0.246 e. The van der Waals surface area contributed by atoms with E-state index in [9.17, 15) is 5.26 Å². The summed E-state index contributed by atoms with van der Waals surface area (Å²) in [6.45, 7) is 0. The standard InChI is InChI=1S/C42H25N3O/c43-26-27-11-18-34-35-19-16-31(25-38(35)42(37(34)23-27,32-7-3-1-4-8-32)33-9-5-2-6-10-33)29-14-12-28(13-15-29)30-17-20-39-36(24-30)40-41(46-39)45-22-21-44-40/h1-25H. The quantitative estimate of drug-likeness (QED) is 0.206. The SMILES string of the molecule is N#Cc1ccc2c(c1)C(c1ccccc1)(c1ccccc1)c1cc(-c3ccc(-c4ccc5oc6nccnc6c5c4)cc3)ccc1-2. The van der Waals surface area contributed by atoms with E-state index in [1.807, 2.05) is 12.1 Å². The van der Waals surface area contributed by atoms with Crippen molar-refractivity contribution in [2.24, 2.45) is 0 Å². The van der Waals surface area contributed by atoms with Gasteiger partial charge in [-0.05, 0) is 86.0 Å². The molecular formula is C42H25N3O. The third-order valence-corrected chi connectivity index (χ3v) is 9.34. The molecule has 0 aliphatic heterocycles. The Balaban J connectivity index is 1.20. The molecule has 1 aliphatic carbocycles. The average Bonchev–Trinajstić information content (AvgIpc) is 3.65. The van der Waals surface area contributed by atoms with E-state index in [1.54, 1.807) is 12.4 Å². The molecule has 0 fully saturated rings. The van der Waals surface area contributed by atoms with Crippen LogP contribution in [0.1, 0.15) is 27.8 Å². The molecular weight excluding hydrogens is 562 g/mol. The Morgan fingerprint density at radius 3 is 1.78 bits per heavy atom. The van der Waals surface area contributed by atoms with E-state index in [1.165, 1.54) is 22.3 Å². The van der Waals surface area contributed by atoms with Crippen molar-refractivity contribution in [2.45, 2.75) is 5.41 Å². The first-order chi connectivity index (χ1) is 22.7. The topological polar surface area (TPSA) is 62.7 Å². The largest absolute Gasteiger partial charge is 0.436 e. The maximum atomic E-state index is 9.92.